The number of hydrogen-bond acceptors (Lipinski definition) is 7. The van der Waals surface area contributed by atoms with E-state index in [1.807, 2.05) is 20.8 Å². The Hall–Kier alpha value is -2.75. The van der Waals surface area contributed by atoms with E-state index in [2.05, 4.69) is 9.97 Å². The maximum atomic E-state index is 13.3. The summed E-state index contributed by atoms with van der Waals surface area (Å²) in [6.45, 7) is 6.65. The van der Waals surface area contributed by atoms with Gasteiger partial charge in [0.1, 0.15) is 17.5 Å². The second kappa shape index (κ2) is 8.17. The van der Waals surface area contributed by atoms with Crippen LogP contribution < -0.4 is 5.73 Å². The van der Waals surface area contributed by atoms with Gasteiger partial charge < -0.3 is 25.4 Å². The lowest BCUT2D eigenvalue weighted by molar-refractivity contribution is -0.174. The first-order chi connectivity index (χ1) is 14.0. The first-order valence-corrected chi connectivity index (χ1v) is 10.0. The summed E-state index contributed by atoms with van der Waals surface area (Å²) in [5, 5.41) is 10.6. The minimum Gasteiger partial charge on any atom is -0.433 e. The lowest BCUT2D eigenvalue weighted by atomic mass is 9.84. The van der Waals surface area contributed by atoms with Crippen LogP contribution in [0.5, 0.6) is 0 Å². The summed E-state index contributed by atoms with van der Waals surface area (Å²) in [7, 11) is 0. The molecular weight excluding hydrogens is 390 g/mol. The number of nitrogens with two attached hydrogens (primary N) is 1. The van der Waals surface area contributed by atoms with E-state index in [9.17, 15) is 19.5 Å². The number of likely N-dealkylation sites (tertiary alicyclic amines) is 2. The third-order valence-corrected chi connectivity index (χ3v) is 5.50. The van der Waals surface area contributed by atoms with E-state index in [-0.39, 0.29) is 24.3 Å². The Morgan fingerprint density at radius 1 is 1.33 bits per heavy atom. The Kier molecular flexibility index (Phi) is 5.98. The molecule has 3 rings (SSSR count). The number of ether oxygens (including phenoxy) is 1. The summed E-state index contributed by atoms with van der Waals surface area (Å²) in [6.07, 6.45) is 0.781. The third-order valence-electron chi connectivity index (χ3n) is 5.50. The molecule has 2 saturated heterocycles. The van der Waals surface area contributed by atoms with Crippen LogP contribution in [0.3, 0.4) is 0 Å². The Balaban J connectivity index is 1.75. The fourth-order valence-corrected chi connectivity index (χ4v) is 4.26. The van der Waals surface area contributed by atoms with Crippen LogP contribution in [0.15, 0.2) is 18.5 Å². The topological polar surface area (TPSA) is 139 Å². The monoisotopic (exact) mass is 419 g/mol. The van der Waals surface area contributed by atoms with Crippen molar-refractivity contribution in [3.05, 3.63) is 24.3 Å². The van der Waals surface area contributed by atoms with Crippen LogP contribution in [-0.2, 0) is 20.9 Å². The predicted octanol–water partition coefficient (Wildman–Crippen LogP) is 0.441. The quantitative estimate of drug-likeness (QED) is 0.638. The first-order valence-electron chi connectivity index (χ1n) is 10.0. The molecule has 1 spiro atoms. The number of aromatic nitrogens is 2. The molecule has 1 unspecified atom stereocenters. The fraction of sp³-hybridized carbons (Fsp3) is 0.650. The van der Waals surface area contributed by atoms with Crippen molar-refractivity contribution in [3.63, 3.8) is 0 Å². The van der Waals surface area contributed by atoms with Gasteiger partial charge in [0, 0.05) is 18.9 Å². The molecule has 3 heterocycles. The molecule has 1 aromatic rings. The number of aliphatic hydroxyl groups excluding tert-OH is 1. The molecule has 1 aromatic heterocycles. The first kappa shape index (κ1) is 21.9. The Morgan fingerprint density at radius 2 is 2.00 bits per heavy atom. The highest BCUT2D eigenvalue weighted by Crippen LogP contribution is 2.40. The van der Waals surface area contributed by atoms with Gasteiger partial charge in [0.2, 0.25) is 6.10 Å². The summed E-state index contributed by atoms with van der Waals surface area (Å²) in [6, 6.07) is 1.70. The molecule has 2 aliphatic rings. The summed E-state index contributed by atoms with van der Waals surface area (Å²) >= 11 is 0. The molecule has 3 amide bonds. The van der Waals surface area contributed by atoms with Crippen LogP contribution in [-0.4, -0.2) is 73.6 Å². The number of amides is 3. The Labute approximate surface area is 175 Å². The lowest BCUT2D eigenvalue weighted by Gasteiger charge is -2.51. The summed E-state index contributed by atoms with van der Waals surface area (Å²) in [5.74, 6) is -0.261. The minimum atomic E-state index is -1.45. The lowest BCUT2D eigenvalue weighted by Crippen LogP contribution is -2.73. The Morgan fingerprint density at radius 3 is 2.57 bits per heavy atom. The highest BCUT2D eigenvalue weighted by atomic mass is 16.6. The molecule has 0 radical (unpaired) electrons. The van der Waals surface area contributed by atoms with Gasteiger partial charge in [0.05, 0.1) is 13.1 Å². The zero-order chi connectivity index (χ0) is 22.1. The highest BCUT2D eigenvalue weighted by Gasteiger charge is 2.60. The largest absolute Gasteiger partial charge is 0.433 e. The number of carbonyl (C=O) groups is 3. The van der Waals surface area contributed by atoms with E-state index >= 15 is 0 Å². The average Bonchev–Trinajstić information content (AvgIpc) is 3.11. The van der Waals surface area contributed by atoms with Crippen LogP contribution in [0, 0.1) is 5.41 Å². The molecule has 3 N–H and O–H groups in total. The van der Waals surface area contributed by atoms with E-state index in [1.165, 1.54) is 4.90 Å². The molecule has 0 saturated carbocycles. The van der Waals surface area contributed by atoms with Crippen LogP contribution in [0.1, 0.15) is 45.9 Å². The normalized spacial score (nSPS) is 23.3. The number of carbonyl (C=O) groups excluding carboxylic acids is 3. The number of rotatable bonds is 6. The van der Waals surface area contributed by atoms with Gasteiger partial charge >= 0.3 is 6.09 Å². The Bertz CT molecular complexity index is 812. The molecule has 3 atom stereocenters. The van der Waals surface area contributed by atoms with Gasteiger partial charge in [0.15, 0.2) is 0 Å². The maximum Gasteiger partial charge on any atom is 0.405 e. The van der Waals surface area contributed by atoms with E-state index in [4.69, 9.17) is 10.5 Å². The molecule has 2 aliphatic heterocycles. The van der Waals surface area contributed by atoms with Gasteiger partial charge in [-0.3, -0.25) is 9.59 Å². The van der Waals surface area contributed by atoms with Crippen molar-refractivity contribution in [3.8, 4) is 0 Å². The zero-order valence-electron chi connectivity index (χ0n) is 17.6. The van der Waals surface area contributed by atoms with Crippen LogP contribution >= 0.6 is 0 Å². The molecule has 10 heteroatoms. The summed E-state index contributed by atoms with van der Waals surface area (Å²) < 4.78 is 5.00. The second-order valence-corrected chi connectivity index (χ2v) is 9.14. The second-order valence-electron chi connectivity index (χ2n) is 9.14. The van der Waals surface area contributed by atoms with E-state index < -0.39 is 29.7 Å². The summed E-state index contributed by atoms with van der Waals surface area (Å²) in [4.78, 5) is 49.0. The third kappa shape index (κ3) is 4.38. The number of hydrogen-bond donors (Lipinski definition) is 2. The maximum absolute atomic E-state index is 13.3. The van der Waals surface area contributed by atoms with E-state index in [0.29, 0.717) is 31.8 Å². The number of β-lactam (4-membered cyclic amide) rings is 1. The van der Waals surface area contributed by atoms with Gasteiger partial charge in [-0.25, -0.2) is 14.8 Å². The molecule has 0 bridgehead atoms. The van der Waals surface area contributed by atoms with Gasteiger partial charge in [0.25, 0.3) is 11.8 Å². The van der Waals surface area contributed by atoms with Gasteiger partial charge in [-0.2, -0.15) is 0 Å². The standard InChI is InChI=1S/C20H29N5O5/c1-19(2,3)10-13(26)15(30-18(21)29)16(27)25-9-4-6-20(25)12-24(17(20)28)11-14-22-7-5-8-23-14/h5,7-8,13,15,26H,4,6,9-12H2,1-3H3,(H2,21,29)/t13-,15+,20?/m1/s1. The number of nitrogens with zero attached hydrogens (tertiary/aromatic N) is 4. The minimum absolute atomic E-state index is 0.191. The van der Waals surface area contributed by atoms with Crippen molar-refractivity contribution in [1.29, 1.82) is 0 Å². The number of primary amides is 1. The molecule has 0 aliphatic carbocycles. The van der Waals surface area contributed by atoms with Crippen LogP contribution in [0.4, 0.5) is 4.79 Å². The molecule has 10 nitrogen and oxygen atoms in total. The molecule has 30 heavy (non-hydrogen) atoms. The molecule has 2 fully saturated rings. The van der Waals surface area contributed by atoms with Crippen molar-refractivity contribution >= 4 is 17.9 Å². The smallest absolute Gasteiger partial charge is 0.405 e. The van der Waals surface area contributed by atoms with Gasteiger partial charge in [-0.15, -0.1) is 0 Å². The van der Waals surface area contributed by atoms with Crippen molar-refractivity contribution < 1.29 is 24.2 Å². The zero-order valence-corrected chi connectivity index (χ0v) is 17.6. The van der Waals surface area contributed by atoms with E-state index in [1.54, 1.807) is 23.4 Å². The SMILES string of the molecule is CC(C)(C)C[C@@H](O)[C@H](OC(N)=O)C(=O)N1CCCC12CN(Cc1ncccn1)C2=O. The van der Waals surface area contributed by atoms with E-state index in [0.717, 1.165) is 0 Å². The van der Waals surface area contributed by atoms with Crippen molar-refractivity contribution in [2.75, 3.05) is 13.1 Å². The van der Waals surface area contributed by atoms with Crippen LogP contribution in [0.2, 0.25) is 0 Å². The van der Waals surface area contributed by atoms with Crippen molar-refractivity contribution in [2.45, 2.75) is 64.3 Å². The summed E-state index contributed by atoms with van der Waals surface area (Å²) in [5.41, 5.74) is 3.86. The predicted molar refractivity (Wildman–Crippen MR) is 106 cm³/mol. The van der Waals surface area contributed by atoms with Gasteiger partial charge in [-0.05, 0) is 30.7 Å². The molecule has 164 valence electrons. The van der Waals surface area contributed by atoms with Crippen LogP contribution in [0.25, 0.3) is 0 Å². The van der Waals surface area contributed by atoms with Crippen molar-refractivity contribution in [2.24, 2.45) is 11.1 Å². The van der Waals surface area contributed by atoms with Crippen molar-refractivity contribution in [1.82, 2.24) is 19.8 Å². The highest BCUT2D eigenvalue weighted by molar-refractivity contribution is 5.98. The number of aliphatic hydroxyl groups is 1. The molecule has 0 aromatic carbocycles. The average molecular weight is 419 g/mol. The van der Waals surface area contributed by atoms with Gasteiger partial charge in [-0.1, -0.05) is 20.8 Å². The fourth-order valence-electron chi connectivity index (χ4n) is 4.26. The molecular formula is C20H29N5O5.